The molecule has 1 aliphatic rings. The van der Waals surface area contributed by atoms with Crippen molar-refractivity contribution >= 4 is 29.2 Å². The molecule has 1 fully saturated rings. The van der Waals surface area contributed by atoms with Crippen LogP contribution < -0.4 is 16.0 Å². The number of hydrogen-bond acceptors (Lipinski definition) is 3. The van der Waals surface area contributed by atoms with Gasteiger partial charge in [0, 0.05) is 37.9 Å². The number of likely N-dealkylation sites (tertiary alicyclic amines) is 1. The van der Waals surface area contributed by atoms with Crippen molar-refractivity contribution < 1.29 is 14.4 Å². The van der Waals surface area contributed by atoms with Gasteiger partial charge in [-0.15, -0.1) is 0 Å². The number of amides is 4. The molecule has 0 saturated carbocycles. The van der Waals surface area contributed by atoms with Crippen LogP contribution in [-0.4, -0.2) is 42.9 Å². The first kappa shape index (κ1) is 17.8. The molecule has 4 amide bonds. The van der Waals surface area contributed by atoms with E-state index >= 15 is 0 Å². The summed E-state index contributed by atoms with van der Waals surface area (Å²) < 4.78 is 0. The van der Waals surface area contributed by atoms with Crippen molar-refractivity contribution in [3.63, 3.8) is 0 Å². The fourth-order valence-corrected chi connectivity index (χ4v) is 2.71. The van der Waals surface area contributed by atoms with Crippen LogP contribution in [0.5, 0.6) is 0 Å². The molecule has 1 aromatic carbocycles. The molecule has 1 aliphatic heterocycles. The van der Waals surface area contributed by atoms with Crippen LogP contribution in [0, 0.1) is 5.92 Å². The second-order valence-corrected chi connectivity index (χ2v) is 5.81. The largest absolute Gasteiger partial charge is 0.359 e. The second kappa shape index (κ2) is 8.33. The average molecular weight is 332 g/mol. The summed E-state index contributed by atoms with van der Waals surface area (Å²) >= 11 is 0. The number of piperidine rings is 1. The predicted octanol–water partition coefficient (Wildman–Crippen LogP) is 2.02. The number of benzene rings is 1. The van der Waals surface area contributed by atoms with Crippen molar-refractivity contribution in [1.29, 1.82) is 0 Å². The minimum atomic E-state index is -0.234. The van der Waals surface area contributed by atoms with Gasteiger partial charge < -0.3 is 20.9 Å². The molecule has 0 radical (unpaired) electrons. The molecule has 1 unspecified atom stereocenters. The van der Waals surface area contributed by atoms with Crippen molar-refractivity contribution in [1.82, 2.24) is 10.2 Å². The lowest BCUT2D eigenvalue weighted by atomic mass is 9.97. The Morgan fingerprint density at radius 1 is 1.21 bits per heavy atom. The number of carbonyl (C=O) groups is 3. The summed E-state index contributed by atoms with van der Waals surface area (Å²) in [5.41, 5.74) is 1.25. The van der Waals surface area contributed by atoms with Gasteiger partial charge in [-0.05, 0) is 31.0 Å². The van der Waals surface area contributed by atoms with Gasteiger partial charge in [-0.2, -0.15) is 0 Å². The highest BCUT2D eigenvalue weighted by molar-refractivity contribution is 5.93. The first-order valence-electron chi connectivity index (χ1n) is 8.21. The number of nitrogens with one attached hydrogen (secondary N) is 3. The minimum absolute atomic E-state index is 0.0308. The summed E-state index contributed by atoms with van der Waals surface area (Å²) in [7, 11) is 1.61. The van der Waals surface area contributed by atoms with Gasteiger partial charge in [0.05, 0.1) is 5.92 Å². The van der Waals surface area contributed by atoms with Gasteiger partial charge in [-0.1, -0.05) is 13.0 Å². The Morgan fingerprint density at radius 2 is 1.92 bits per heavy atom. The maximum Gasteiger partial charge on any atom is 0.321 e. The van der Waals surface area contributed by atoms with E-state index in [1.165, 1.54) is 0 Å². The molecule has 1 heterocycles. The van der Waals surface area contributed by atoms with E-state index in [1.807, 2.05) is 0 Å². The number of nitrogens with zero attached hydrogens (tertiary/aromatic N) is 1. The number of carbonyl (C=O) groups excluding carboxylic acids is 3. The van der Waals surface area contributed by atoms with Gasteiger partial charge in [0.1, 0.15) is 0 Å². The molecule has 24 heavy (non-hydrogen) atoms. The summed E-state index contributed by atoms with van der Waals surface area (Å²) in [6, 6.07) is 6.78. The maximum atomic E-state index is 12.4. The highest BCUT2D eigenvalue weighted by atomic mass is 16.2. The Balaban J connectivity index is 1.97. The molecule has 0 aromatic heterocycles. The maximum absolute atomic E-state index is 12.4. The van der Waals surface area contributed by atoms with Gasteiger partial charge in [0.2, 0.25) is 11.8 Å². The average Bonchev–Trinajstić information content (AvgIpc) is 2.61. The molecule has 0 aliphatic carbocycles. The summed E-state index contributed by atoms with van der Waals surface area (Å²) in [6.07, 6.45) is 1.99. The minimum Gasteiger partial charge on any atom is -0.359 e. The molecule has 2 rings (SSSR count). The van der Waals surface area contributed by atoms with Crippen LogP contribution in [0.2, 0.25) is 0 Å². The van der Waals surface area contributed by atoms with Crippen molar-refractivity contribution in [2.75, 3.05) is 30.8 Å². The fraction of sp³-hybridized carbons (Fsp3) is 0.471. The quantitative estimate of drug-likeness (QED) is 0.788. The van der Waals surface area contributed by atoms with Gasteiger partial charge in [-0.3, -0.25) is 9.59 Å². The Bertz CT molecular complexity index is 618. The van der Waals surface area contributed by atoms with Crippen LogP contribution in [0.25, 0.3) is 0 Å². The predicted molar refractivity (Wildman–Crippen MR) is 92.7 cm³/mol. The molecule has 130 valence electrons. The summed E-state index contributed by atoms with van der Waals surface area (Å²) in [6.45, 7) is 2.82. The van der Waals surface area contributed by atoms with Crippen LogP contribution in [0.1, 0.15) is 26.2 Å². The molecule has 1 saturated heterocycles. The van der Waals surface area contributed by atoms with Crippen molar-refractivity contribution in [2.24, 2.45) is 5.92 Å². The molecular weight excluding hydrogens is 308 g/mol. The topological polar surface area (TPSA) is 90.5 Å². The van der Waals surface area contributed by atoms with Crippen LogP contribution in [0.4, 0.5) is 16.2 Å². The third kappa shape index (κ3) is 4.71. The summed E-state index contributed by atoms with van der Waals surface area (Å²) in [5, 5.41) is 8.22. The van der Waals surface area contributed by atoms with E-state index in [1.54, 1.807) is 43.1 Å². The first-order valence-corrected chi connectivity index (χ1v) is 8.21. The van der Waals surface area contributed by atoms with Gasteiger partial charge in [0.25, 0.3) is 0 Å². The zero-order valence-electron chi connectivity index (χ0n) is 14.1. The highest BCUT2D eigenvalue weighted by Crippen LogP contribution is 2.19. The fourth-order valence-electron chi connectivity index (χ4n) is 2.71. The van der Waals surface area contributed by atoms with Crippen LogP contribution >= 0.6 is 0 Å². The Labute approximate surface area is 141 Å². The van der Waals surface area contributed by atoms with Crippen LogP contribution in [-0.2, 0) is 9.59 Å². The van der Waals surface area contributed by atoms with Gasteiger partial charge >= 0.3 is 6.03 Å². The lowest BCUT2D eigenvalue weighted by Crippen LogP contribution is -2.46. The zero-order valence-corrected chi connectivity index (χ0v) is 14.1. The Morgan fingerprint density at radius 3 is 2.58 bits per heavy atom. The van der Waals surface area contributed by atoms with Crippen molar-refractivity contribution in [2.45, 2.75) is 26.2 Å². The molecule has 1 aromatic rings. The summed E-state index contributed by atoms with van der Waals surface area (Å²) in [4.78, 5) is 37.3. The van der Waals surface area contributed by atoms with E-state index in [0.29, 0.717) is 30.9 Å². The number of rotatable bonds is 4. The molecule has 0 spiro atoms. The molecule has 3 N–H and O–H groups in total. The van der Waals surface area contributed by atoms with Crippen molar-refractivity contribution in [3.05, 3.63) is 24.3 Å². The number of anilines is 2. The number of hydrogen-bond donors (Lipinski definition) is 3. The van der Waals surface area contributed by atoms with E-state index in [0.717, 1.165) is 12.8 Å². The van der Waals surface area contributed by atoms with Crippen LogP contribution in [0.15, 0.2) is 24.3 Å². The van der Waals surface area contributed by atoms with E-state index < -0.39 is 0 Å². The van der Waals surface area contributed by atoms with Gasteiger partial charge in [0.15, 0.2) is 0 Å². The Kier molecular flexibility index (Phi) is 6.17. The standard InChI is InChI=1S/C17H24N4O3/c1-3-15(22)19-13-7-4-8-14(10-13)20-17(24)21-9-5-6-12(11-21)16(23)18-2/h4,7-8,10,12H,3,5-6,9,11H2,1-2H3,(H,18,23)(H,19,22)(H,20,24). The van der Waals surface area contributed by atoms with Crippen molar-refractivity contribution in [3.8, 4) is 0 Å². The second-order valence-electron chi connectivity index (χ2n) is 5.81. The highest BCUT2D eigenvalue weighted by Gasteiger charge is 2.27. The molecular formula is C17H24N4O3. The lowest BCUT2D eigenvalue weighted by Gasteiger charge is -2.31. The monoisotopic (exact) mass is 332 g/mol. The Hall–Kier alpha value is -2.57. The normalized spacial score (nSPS) is 17.1. The zero-order chi connectivity index (χ0) is 17.5. The number of urea groups is 1. The van der Waals surface area contributed by atoms with Gasteiger partial charge in [-0.25, -0.2) is 4.79 Å². The molecule has 7 nitrogen and oxygen atoms in total. The third-order valence-electron chi connectivity index (χ3n) is 4.04. The lowest BCUT2D eigenvalue weighted by molar-refractivity contribution is -0.125. The molecule has 1 atom stereocenters. The van der Waals surface area contributed by atoms with E-state index in [2.05, 4.69) is 16.0 Å². The van der Waals surface area contributed by atoms with E-state index in [9.17, 15) is 14.4 Å². The smallest absolute Gasteiger partial charge is 0.321 e. The molecule has 0 bridgehead atoms. The first-order chi connectivity index (χ1) is 11.5. The molecule has 7 heteroatoms. The van der Waals surface area contributed by atoms with Crippen LogP contribution in [0.3, 0.4) is 0 Å². The third-order valence-corrected chi connectivity index (χ3v) is 4.04. The van der Waals surface area contributed by atoms with E-state index in [-0.39, 0.29) is 23.8 Å². The van der Waals surface area contributed by atoms with E-state index in [4.69, 9.17) is 0 Å². The summed E-state index contributed by atoms with van der Waals surface area (Å²) in [5.74, 6) is -0.274. The SMILES string of the molecule is CCC(=O)Nc1cccc(NC(=O)N2CCCC(C(=O)NC)C2)c1.